The summed E-state index contributed by atoms with van der Waals surface area (Å²) in [5.41, 5.74) is 5.25. The Morgan fingerprint density at radius 2 is 0.767 bits per heavy atom. The van der Waals surface area contributed by atoms with Crippen LogP contribution in [0.15, 0.2) is 141 Å². The fourth-order valence-electron chi connectivity index (χ4n) is 7.59. The summed E-state index contributed by atoms with van der Waals surface area (Å²) in [7, 11) is 14.8. The molecule has 0 aliphatic heterocycles. The number of aromatic nitrogens is 4. The van der Waals surface area contributed by atoms with E-state index in [-0.39, 0.29) is 44.9 Å². The highest BCUT2D eigenvalue weighted by Crippen LogP contribution is 2.36. The maximum absolute atomic E-state index is 13.6. The van der Waals surface area contributed by atoms with Crippen LogP contribution in [0.25, 0.3) is 0 Å². The van der Waals surface area contributed by atoms with Gasteiger partial charge in [-0.05, 0) is 111 Å². The van der Waals surface area contributed by atoms with Crippen LogP contribution in [0.4, 0.5) is 37.7 Å². The van der Waals surface area contributed by atoms with Crippen molar-refractivity contribution in [3.05, 3.63) is 248 Å². The molecule has 7 N–H and O–H groups in total. The van der Waals surface area contributed by atoms with Gasteiger partial charge in [0.2, 0.25) is 0 Å². The number of carboxylic acid groups (broad SMARTS) is 3. The van der Waals surface area contributed by atoms with E-state index in [4.69, 9.17) is 51.2 Å². The average molecular weight is 1260 g/mol. The van der Waals surface area contributed by atoms with E-state index in [1.54, 1.807) is 6.07 Å². The summed E-state index contributed by atoms with van der Waals surface area (Å²) in [5.74, 6) is -10.9. The smallest absolute Gasteiger partial charge is 0.478 e. The number of carbonyl (C=O) groups excluding carboxylic acids is 5. The van der Waals surface area contributed by atoms with Gasteiger partial charge >= 0.3 is 29.3 Å². The summed E-state index contributed by atoms with van der Waals surface area (Å²) in [6.07, 6.45) is 9.94. The predicted molar refractivity (Wildman–Crippen MR) is 307 cm³/mol. The second kappa shape index (κ2) is 33.3. The summed E-state index contributed by atoms with van der Waals surface area (Å²) in [5, 5.41) is 32.3. The van der Waals surface area contributed by atoms with E-state index in [9.17, 15) is 64.7 Å². The second-order valence-corrected chi connectivity index (χ2v) is 23.1. The molecule has 4 heterocycles. The number of rotatable bonds is 9. The minimum atomic E-state index is -1.72. The molecule has 10 rings (SSSR count). The van der Waals surface area contributed by atoms with Crippen molar-refractivity contribution in [2.45, 2.75) is 20.8 Å². The number of hydrogen-bond acceptors (Lipinski definition) is 15. The van der Waals surface area contributed by atoms with Crippen LogP contribution in [0.2, 0.25) is 0 Å². The van der Waals surface area contributed by atoms with E-state index in [1.807, 2.05) is 32.9 Å². The zero-order valence-corrected chi connectivity index (χ0v) is 48.3. The van der Waals surface area contributed by atoms with Gasteiger partial charge in [-0.15, -0.1) is 0 Å². The van der Waals surface area contributed by atoms with E-state index in [2.05, 4.69) is 30.6 Å². The van der Waals surface area contributed by atoms with Crippen LogP contribution in [0.3, 0.4) is 0 Å². The average Bonchev–Trinajstić information content (AvgIpc) is 0.860. The standard InChI is InChI=1S/C17H17N3O2.C13H7F2NO3.C13H5F2NO2.C7H5NO4.C6H4F2.C2H7N.Al.3ClH/c1-3-19-12-5-6-13(20-4-2)15-14(12)16(21)10-7-8-18-9-11(10)17(15)22;14-7-1-2-11(15)9(5-7)12(17)8-3-4-16-6-10(8)13(18)19;14-8-1-2-9(15)11-10(8)12(17)6-3-4-16-5-7(6)13(11)18;9-6(10)4-1-2-8-3-5(4)7(11)12;7-5-1-2-6(8)4-3-5;1-2-3;;;;/h5-9,19-20H,3-4H2,1-2H3;1-6H,(H,18,19);1-5H;1-3H,(H,9,10)(H,11,12);1-4H;2-3H2,1H3;;3*1H/q;;;;;;+3;;;/p-3. The van der Waals surface area contributed by atoms with E-state index in [0.717, 1.165) is 85.7 Å². The molecule has 0 unspecified atom stereocenters. The third-order valence-corrected chi connectivity index (χ3v) is 11.1. The van der Waals surface area contributed by atoms with Gasteiger partial charge in [0.15, 0.2) is 28.9 Å². The number of hydrogen-bond donors (Lipinski definition) is 6. The lowest BCUT2D eigenvalue weighted by molar-refractivity contribution is 0.0651. The summed E-state index contributed by atoms with van der Waals surface area (Å²) in [4.78, 5) is 108. The zero-order valence-electron chi connectivity index (χ0n) is 44.9. The molecule has 28 heteroatoms. The van der Waals surface area contributed by atoms with Gasteiger partial charge in [-0.2, -0.15) is 0 Å². The van der Waals surface area contributed by atoms with E-state index < -0.39 is 98.2 Å². The molecule has 0 amide bonds. The summed E-state index contributed by atoms with van der Waals surface area (Å²) in [6, 6.07) is 17.3. The number of benzene rings is 4. The van der Waals surface area contributed by atoms with Gasteiger partial charge in [0.05, 0.1) is 55.6 Å². The van der Waals surface area contributed by atoms with Gasteiger partial charge in [0.1, 0.15) is 34.9 Å². The molecule has 0 radical (unpaired) electrons. The maximum Gasteiger partial charge on any atom is 0.643 e. The third-order valence-electron chi connectivity index (χ3n) is 11.1. The summed E-state index contributed by atoms with van der Waals surface area (Å²) in [6.45, 7) is 7.92. The first-order valence-electron chi connectivity index (χ1n) is 24.7. The first kappa shape index (κ1) is 69.3. The fourth-order valence-corrected chi connectivity index (χ4v) is 7.59. The normalized spacial score (nSPS) is 10.9. The van der Waals surface area contributed by atoms with Gasteiger partial charge in [-0.25, -0.2) is 70.9 Å². The van der Waals surface area contributed by atoms with Crippen molar-refractivity contribution in [1.29, 1.82) is 0 Å². The number of pyridine rings is 4. The molecule has 8 aromatic rings. The minimum Gasteiger partial charge on any atom is -0.478 e. The van der Waals surface area contributed by atoms with Crippen LogP contribution in [-0.2, 0) is 0 Å². The molecule has 0 saturated heterocycles. The van der Waals surface area contributed by atoms with Crippen molar-refractivity contribution in [2.75, 3.05) is 30.3 Å². The van der Waals surface area contributed by atoms with Crippen molar-refractivity contribution < 1.29 is 80.0 Å². The Labute approximate surface area is 501 Å². The topological polar surface area (TPSA) is 299 Å². The number of aromatic carboxylic acids is 3. The Morgan fingerprint density at radius 3 is 1.16 bits per heavy atom. The molecule has 0 bridgehead atoms. The third kappa shape index (κ3) is 18.1. The van der Waals surface area contributed by atoms with Crippen molar-refractivity contribution in [2.24, 2.45) is 5.73 Å². The molecule has 0 atom stereocenters. The molecule has 4 aromatic carbocycles. The van der Waals surface area contributed by atoms with Crippen molar-refractivity contribution in [3.8, 4) is 0 Å². The number of nitrogens with zero attached hydrogens (tertiary/aromatic N) is 4. The van der Waals surface area contributed by atoms with Gasteiger partial charge in [-0.3, -0.25) is 43.9 Å². The lowest BCUT2D eigenvalue weighted by atomic mass is 9.83. The Kier molecular flexibility index (Phi) is 26.8. The number of halogens is 9. The molecule has 4 aromatic heterocycles. The van der Waals surface area contributed by atoms with Crippen molar-refractivity contribution >= 4 is 99.7 Å². The van der Waals surface area contributed by atoms with Crippen LogP contribution in [0, 0.1) is 34.9 Å². The van der Waals surface area contributed by atoms with E-state index in [1.165, 1.54) is 43.2 Å². The number of nitrogens with two attached hydrogens (primary N) is 1. The summed E-state index contributed by atoms with van der Waals surface area (Å²) < 4.78 is 77.6. The van der Waals surface area contributed by atoms with Crippen LogP contribution in [0.5, 0.6) is 0 Å². The van der Waals surface area contributed by atoms with Crippen molar-refractivity contribution in [3.63, 3.8) is 0 Å². The number of anilines is 2. The highest BCUT2D eigenvalue weighted by molar-refractivity contribution is 7.54. The highest BCUT2D eigenvalue weighted by Gasteiger charge is 2.36. The first-order valence-corrected chi connectivity index (χ1v) is 29.9. The van der Waals surface area contributed by atoms with E-state index >= 15 is 0 Å². The molecule has 0 saturated carbocycles. The lowest BCUT2D eigenvalue weighted by Crippen LogP contribution is -2.24. The molecule has 18 nitrogen and oxygen atoms in total. The zero-order chi connectivity index (χ0) is 63.9. The molecule has 2 aliphatic rings. The minimum absolute atomic E-state index is 0.000463. The molecular formula is C58H45AlCl3F6N7O11. The lowest BCUT2D eigenvalue weighted by Gasteiger charge is -2.23. The molecule has 444 valence electrons. The number of carboxylic acids is 3. The molecule has 2 aliphatic carbocycles. The Morgan fingerprint density at radius 1 is 0.442 bits per heavy atom. The number of carbonyl (C=O) groups is 8. The fraction of sp³-hybridized carbons (Fsp3) is 0.103. The largest absolute Gasteiger partial charge is 0.643 e. The Balaban J connectivity index is 0.000000230. The monoisotopic (exact) mass is 1260 g/mol. The number of fused-ring (bicyclic) bond motifs is 4. The molecular weight excluding hydrogens is 1220 g/mol. The molecule has 86 heavy (non-hydrogen) atoms. The second-order valence-electron chi connectivity index (χ2n) is 16.7. The first-order chi connectivity index (χ1) is 40.9. The molecule has 0 spiro atoms. The summed E-state index contributed by atoms with van der Waals surface area (Å²) >= 11 is -1.72. The van der Waals surface area contributed by atoms with Crippen LogP contribution < -0.4 is 16.4 Å². The van der Waals surface area contributed by atoms with Crippen LogP contribution in [0.1, 0.15) is 131 Å². The van der Waals surface area contributed by atoms with Gasteiger partial charge in [-0.1, -0.05) is 6.92 Å². The maximum atomic E-state index is 13.6. The number of ketones is 5. The molecule has 0 fully saturated rings. The Hall–Kier alpha value is -9.22. The van der Waals surface area contributed by atoms with Crippen LogP contribution in [-0.4, -0.2) is 113 Å². The quantitative estimate of drug-likeness (QED) is 0.0444. The highest BCUT2D eigenvalue weighted by atomic mass is 35.8. The van der Waals surface area contributed by atoms with E-state index in [0.29, 0.717) is 46.7 Å². The van der Waals surface area contributed by atoms with Gasteiger partial charge < -0.3 is 31.7 Å². The van der Waals surface area contributed by atoms with Crippen molar-refractivity contribution in [1.82, 2.24) is 19.9 Å². The predicted octanol–water partition coefficient (Wildman–Crippen LogP) is 11.2. The van der Waals surface area contributed by atoms with Crippen LogP contribution >= 0.6 is 30.1 Å². The van der Waals surface area contributed by atoms with Gasteiger partial charge in [0, 0.05) is 90.7 Å². The SMILES string of the molecule is CCN.CCNc1ccc(NCC)c2c1C(=O)c1ccncc1C2=O.Fc1ccc(F)cc1.O=C(O)c1ccncc1C(=O)O.O=C(O)c1cnccc1C(=O)c1cc(F)ccc1F.O=C1c2ccncc2C(=O)c2c(F)ccc(F)c21.[Cl][Al]([Cl])[Cl]. The number of nitrogens with one attached hydrogen (secondary N) is 2. The Bertz CT molecular complexity index is 3650. The van der Waals surface area contributed by atoms with Gasteiger partial charge in [0.25, 0.3) is 0 Å².